The first-order chi connectivity index (χ1) is 9.24. The summed E-state index contributed by atoms with van der Waals surface area (Å²) in [6.45, 7) is 10.4. The number of hydrogen-bond donors (Lipinski definition) is 2. The van der Waals surface area contributed by atoms with Crippen LogP contribution < -0.4 is 10.6 Å². The van der Waals surface area contributed by atoms with Crippen molar-refractivity contribution >= 4 is 39.8 Å². The number of halogens is 1. The van der Waals surface area contributed by atoms with Crippen LogP contribution in [0.5, 0.6) is 0 Å². The molecule has 0 radical (unpaired) electrons. The van der Waals surface area contributed by atoms with Crippen molar-refractivity contribution < 1.29 is 13.2 Å². The van der Waals surface area contributed by atoms with Gasteiger partial charge in [0.05, 0.1) is 11.3 Å². The fourth-order valence-corrected chi connectivity index (χ4v) is 1.55. The first kappa shape index (κ1) is 23.2. The van der Waals surface area contributed by atoms with E-state index in [0.29, 0.717) is 12.6 Å². The predicted octanol–water partition coefficient (Wildman–Crippen LogP) is 1.41. The lowest BCUT2D eigenvalue weighted by Gasteiger charge is -2.21. The Kier molecular flexibility index (Phi) is 12.7. The minimum absolute atomic E-state index is 0. The molecule has 0 aliphatic rings. The highest BCUT2D eigenvalue weighted by atomic mass is 127. The van der Waals surface area contributed by atoms with Crippen molar-refractivity contribution in [3.05, 3.63) is 0 Å². The van der Waals surface area contributed by atoms with Gasteiger partial charge in [0, 0.05) is 32.6 Å². The molecule has 0 aromatic heterocycles. The molecule has 0 aromatic rings. The van der Waals surface area contributed by atoms with Crippen LogP contribution in [0.4, 0.5) is 0 Å². The highest BCUT2D eigenvalue weighted by molar-refractivity contribution is 14.0. The second-order valence-electron chi connectivity index (χ2n) is 5.20. The van der Waals surface area contributed by atoms with Gasteiger partial charge in [0.25, 0.3) is 0 Å². The first-order valence-electron chi connectivity index (χ1n) is 7.04. The molecule has 0 aromatic carbocycles. The molecule has 0 saturated heterocycles. The predicted molar refractivity (Wildman–Crippen MR) is 99.4 cm³/mol. The molecule has 0 unspecified atom stereocenters. The van der Waals surface area contributed by atoms with Gasteiger partial charge in [0.15, 0.2) is 15.8 Å². The van der Waals surface area contributed by atoms with E-state index in [9.17, 15) is 8.42 Å². The van der Waals surface area contributed by atoms with Crippen molar-refractivity contribution in [1.82, 2.24) is 10.6 Å². The number of rotatable bonds is 9. The first-order valence-corrected chi connectivity index (χ1v) is 8.93. The van der Waals surface area contributed by atoms with Crippen molar-refractivity contribution in [1.29, 1.82) is 0 Å². The van der Waals surface area contributed by atoms with Crippen LogP contribution in [-0.4, -0.2) is 58.2 Å². The van der Waals surface area contributed by atoms with E-state index >= 15 is 0 Å². The van der Waals surface area contributed by atoms with E-state index in [2.05, 4.69) is 15.6 Å². The standard InChI is InChI=1S/C13H29N3O3S.HI/c1-6-14-12(15-9-8-10-19-7-2)16-11-13(3,4)20(5,17)18;/h6-11H2,1-5H3,(H2,14,15,16);1H. The van der Waals surface area contributed by atoms with E-state index in [1.54, 1.807) is 13.8 Å². The highest BCUT2D eigenvalue weighted by Gasteiger charge is 2.29. The minimum Gasteiger partial charge on any atom is -0.382 e. The average Bonchev–Trinajstić information content (AvgIpc) is 2.34. The van der Waals surface area contributed by atoms with E-state index in [4.69, 9.17) is 4.74 Å². The number of nitrogens with one attached hydrogen (secondary N) is 2. The number of ether oxygens (including phenoxy) is 1. The molecule has 0 aliphatic carbocycles. The van der Waals surface area contributed by atoms with Gasteiger partial charge in [-0.05, 0) is 34.1 Å². The lowest BCUT2D eigenvalue weighted by atomic mass is 10.2. The Morgan fingerprint density at radius 2 is 1.86 bits per heavy atom. The Morgan fingerprint density at radius 1 is 1.24 bits per heavy atom. The summed E-state index contributed by atoms with van der Waals surface area (Å²) in [5, 5.41) is 6.27. The van der Waals surface area contributed by atoms with Crippen LogP contribution in [0, 0.1) is 0 Å². The van der Waals surface area contributed by atoms with Crippen LogP contribution in [0.2, 0.25) is 0 Å². The number of nitrogens with zero attached hydrogens (tertiary/aromatic N) is 1. The van der Waals surface area contributed by atoms with Gasteiger partial charge in [-0.15, -0.1) is 24.0 Å². The van der Waals surface area contributed by atoms with Crippen LogP contribution >= 0.6 is 24.0 Å². The molecular weight excluding hydrogens is 405 g/mol. The van der Waals surface area contributed by atoms with Gasteiger partial charge in [-0.25, -0.2) is 8.42 Å². The van der Waals surface area contributed by atoms with Gasteiger partial charge in [-0.2, -0.15) is 0 Å². The summed E-state index contributed by atoms with van der Waals surface area (Å²) >= 11 is 0. The SMILES string of the molecule is CCNC(=NCC(C)(C)S(C)(=O)=O)NCCCOCC.I. The highest BCUT2D eigenvalue weighted by Crippen LogP contribution is 2.14. The maximum atomic E-state index is 11.6. The molecule has 0 bridgehead atoms. The molecule has 0 amide bonds. The van der Waals surface area contributed by atoms with Crippen molar-refractivity contribution in [2.75, 3.05) is 39.1 Å². The zero-order valence-corrected chi connectivity index (χ0v) is 16.9. The summed E-state index contributed by atoms with van der Waals surface area (Å²) in [6.07, 6.45) is 2.12. The Hall–Kier alpha value is -0.0900. The Labute approximate surface area is 146 Å². The molecule has 6 nitrogen and oxygen atoms in total. The number of guanidine groups is 1. The average molecular weight is 435 g/mol. The van der Waals surface area contributed by atoms with Gasteiger partial charge in [0.1, 0.15) is 0 Å². The second kappa shape index (κ2) is 11.5. The van der Waals surface area contributed by atoms with Gasteiger partial charge in [-0.3, -0.25) is 4.99 Å². The number of hydrogen-bond acceptors (Lipinski definition) is 4. The monoisotopic (exact) mass is 435 g/mol. The van der Waals surface area contributed by atoms with Crippen LogP contribution in [0.25, 0.3) is 0 Å². The van der Waals surface area contributed by atoms with Gasteiger partial charge in [-0.1, -0.05) is 0 Å². The Bertz CT molecular complexity index is 397. The van der Waals surface area contributed by atoms with Crippen molar-refractivity contribution in [3.63, 3.8) is 0 Å². The van der Waals surface area contributed by atoms with E-state index in [1.165, 1.54) is 6.26 Å². The van der Waals surface area contributed by atoms with Crippen molar-refractivity contribution in [2.45, 2.75) is 38.9 Å². The molecule has 0 heterocycles. The summed E-state index contributed by atoms with van der Waals surface area (Å²) in [6, 6.07) is 0. The lowest BCUT2D eigenvalue weighted by Crippen LogP contribution is -2.41. The molecule has 0 spiro atoms. The minimum atomic E-state index is -3.13. The van der Waals surface area contributed by atoms with Crippen LogP contribution in [0.1, 0.15) is 34.1 Å². The van der Waals surface area contributed by atoms with Gasteiger partial charge in [0.2, 0.25) is 0 Å². The molecule has 128 valence electrons. The topological polar surface area (TPSA) is 79.8 Å². The summed E-state index contributed by atoms with van der Waals surface area (Å²) in [5.41, 5.74) is 0. The fourth-order valence-electron chi connectivity index (χ4n) is 1.25. The zero-order valence-electron chi connectivity index (χ0n) is 13.7. The maximum Gasteiger partial charge on any atom is 0.191 e. The normalized spacial score (nSPS) is 12.7. The van der Waals surface area contributed by atoms with E-state index in [0.717, 1.165) is 26.1 Å². The van der Waals surface area contributed by atoms with E-state index in [-0.39, 0.29) is 30.5 Å². The largest absolute Gasteiger partial charge is 0.382 e. The van der Waals surface area contributed by atoms with Crippen LogP contribution in [0.15, 0.2) is 4.99 Å². The van der Waals surface area contributed by atoms with Crippen LogP contribution in [-0.2, 0) is 14.6 Å². The Balaban J connectivity index is 0. The molecule has 8 heteroatoms. The van der Waals surface area contributed by atoms with Gasteiger partial charge >= 0.3 is 0 Å². The third-order valence-electron chi connectivity index (χ3n) is 2.93. The third kappa shape index (κ3) is 10.3. The smallest absolute Gasteiger partial charge is 0.191 e. The zero-order chi connectivity index (χ0) is 15.6. The maximum absolute atomic E-state index is 11.6. The summed E-state index contributed by atoms with van der Waals surface area (Å²) in [7, 11) is -3.13. The molecule has 21 heavy (non-hydrogen) atoms. The van der Waals surface area contributed by atoms with Crippen molar-refractivity contribution in [3.8, 4) is 0 Å². The summed E-state index contributed by atoms with van der Waals surface area (Å²) < 4.78 is 27.7. The van der Waals surface area contributed by atoms with Crippen molar-refractivity contribution in [2.24, 2.45) is 4.99 Å². The molecule has 0 rings (SSSR count). The molecule has 0 atom stereocenters. The summed E-state index contributed by atoms with van der Waals surface area (Å²) in [4.78, 5) is 4.34. The fraction of sp³-hybridized carbons (Fsp3) is 0.923. The Morgan fingerprint density at radius 3 is 2.33 bits per heavy atom. The molecular formula is C13H30IN3O3S. The molecule has 0 aliphatic heterocycles. The number of aliphatic imine (C=N–C) groups is 1. The lowest BCUT2D eigenvalue weighted by molar-refractivity contribution is 0.145. The number of sulfone groups is 1. The van der Waals surface area contributed by atoms with Gasteiger partial charge < -0.3 is 15.4 Å². The molecule has 2 N–H and O–H groups in total. The van der Waals surface area contributed by atoms with Crippen LogP contribution in [0.3, 0.4) is 0 Å². The van der Waals surface area contributed by atoms with E-state index in [1.807, 2.05) is 13.8 Å². The third-order valence-corrected chi connectivity index (χ3v) is 5.06. The second-order valence-corrected chi connectivity index (χ2v) is 7.85. The molecule has 0 fully saturated rings. The van der Waals surface area contributed by atoms with E-state index < -0.39 is 14.6 Å². The quantitative estimate of drug-likeness (QED) is 0.248. The molecule has 0 saturated carbocycles. The summed E-state index contributed by atoms with van der Waals surface area (Å²) in [5.74, 6) is 0.640.